The molecule has 0 spiro atoms. The lowest BCUT2D eigenvalue weighted by Gasteiger charge is -2.34. The smallest absolute Gasteiger partial charge is 0.425 e. The van der Waals surface area contributed by atoms with Crippen molar-refractivity contribution < 1.29 is 4.42 Å². The molecule has 0 amide bonds. The van der Waals surface area contributed by atoms with Crippen LogP contribution in [-0.2, 0) is 0 Å². The molecule has 4 heterocycles. The molecule has 0 aliphatic carbocycles. The Balaban J connectivity index is 0.954. The summed E-state index contributed by atoms with van der Waals surface area (Å²) in [6, 6.07) is 75.6. The van der Waals surface area contributed by atoms with E-state index in [-0.39, 0.29) is 6.98 Å². The van der Waals surface area contributed by atoms with Gasteiger partial charge < -0.3 is 18.3 Å². The summed E-state index contributed by atoms with van der Waals surface area (Å²) in [6.07, 6.45) is 0. The number of nitrogens with zero attached hydrogens (tertiary/aromatic N) is 6. The molecule has 7 nitrogen and oxygen atoms in total. The molecule has 0 radical (unpaired) electrons. The van der Waals surface area contributed by atoms with Crippen molar-refractivity contribution >= 4 is 123 Å². The molecule has 298 valence electrons. The average molecular weight is 819 g/mol. The van der Waals surface area contributed by atoms with Crippen LogP contribution in [0, 0.1) is 0 Å². The number of aromatic nitrogens is 4. The summed E-state index contributed by atoms with van der Waals surface area (Å²) in [6.45, 7) is -0.296. The van der Waals surface area contributed by atoms with Crippen molar-refractivity contribution in [2.24, 2.45) is 0 Å². The van der Waals surface area contributed by atoms with Crippen molar-refractivity contribution in [2.75, 3.05) is 9.80 Å². The first kappa shape index (κ1) is 35.0. The molecule has 0 saturated carbocycles. The summed E-state index contributed by atoms with van der Waals surface area (Å²) in [5.41, 5.74) is 10.8. The maximum Gasteiger partial charge on any atom is 0.425 e. The minimum Gasteiger partial charge on any atom is -0.456 e. The van der Waals surface area contributed by atoms with E-state index in [9.17, 15) is 0 Å². The van der Waals surface area contributed by atoms with Crippen LogP contribution in [0.3, 0.4) is 0 Å². The van der Waals surface area contributed by atoms with Crippen molar-refractivity contribution in [1.29, 1.82) is 0 Å². The molecule has 1 aliphatic rings. The Hall–Kier alpha value is -8.62. The summed E-state index contributed by atoms with van der Waals surface area (Å²) >= 11 is 0. The van der Waals surface area contributed by atoms with Gasteiger partial charge in [0.1, 0.15) is 11.2 Å². The molecule has 0 fully saturated rings. The quantitative estimate of drug-likeness (QED) is 0.128. The highest BCUT2D eigenvalue weighted by molar-refractivity contribution is 6.73. The van der Waals surface area contributed by atoms with E-state index in [4.69, 9.17) is 14.4 Å². The Morgan fingerprint density at radius 2 is 0.859 bits per heavy atom. The van der Waals surface area contributed by atoms with Crippen LogP contribution in [0.25, 0.3) is 76.3 Å². The van der Waals surface area contributed by atoms with Gasteiger partial charge in [-0.15, -0.1) is 0 Å². The number of para-hydroxylation sites is 6. The first-order chi connectivity index (χ1) is 31.7. The molecule has 8 heteroatoms. The van der Waals surface area contributed by atoms with E-state index in [1.165, 1.54) is 32.3 Å². The number of hydrogen-bond acceptors (Lipinski definition) is 5. The molecule has 0 saturated heterocycles. The fourth-order valence-electron chi connectivity index (χ4n) is 10.3. The Bertz CT molecular complexity index is 3890. The Morgan fingerprint density at radius 3 is 1.52 bits per heavy atom. The number of rotatable bonds is 5. The van der Waals surface area contributed by atoms with Gasteiger partial charge in [-0.05, 0) is 117 Å². The second-order valence-corrected chi connectivity index (χ2v) is 16.6. The van der Waals surface area contributed by atoms with Crippen LogP contribution in [0.4, 0.5) is 34.6 Å². The van der Waals surface area contributed by atoms with Crippen molar-refractivity contribution in [3.63, 3.8) is 0 Å². The Kier molecular flexibility index (Phi) is 7.36. The molecular weight excluding hydrogens is 783 g/mol. The number of anilines is 6. The number of hydrogen-bond donors (Lipinski definition) is 0. The van der Waals surface area contributed by atoms with Crippen molar-refractivity contribution in [1.82, 2.24) is 18.9 Å². The second-order valence-electron chi connectivity index (χ2n) is 16.6. The zero-order chi connectivity index (χ0) is 41.9. The number of fused-ring (bicyclic) bond motifs is 15. The molecule has 13 aromatic rings. The zero-order valence-corrected chi connectivity index (χ0v) is 34.4. The third kappa shape index (κ3) is 5.05. The van der Waals surface area contributed by atoms with Crippen molar-refractivity contribution in [2.45, 2.75) is 0 Å². The number of benzene rings is 10. The molecule has 0 N–H and O–H groups in total. The van der Waals surface area contributed by atoms with E-state index in [0.717, 1.165) is 84.1 Å². The van der Waals surface area contributed by atoms with Gasteiger partial charge in [0.2, 0.25) is 11.9 Å². The largest absolute Gasteiger partial charge is 0.456 e. The van der Waals surface area contributed by atoms with Crippen LogP contribution in [0.1, 0.15) is 0 Å². The van der Waals surface area contributed by atoms with Gasteiger partial charge in [-0.25, -0.2) is 9.97 Å². The lowest BCUT2D eigenvalue weighted by Crippen LogP contribution is -2.50. The van der Waals surface area contributed by atoms with E-state index < -0.39 is 0 Å². The standard InChI is InChI=1S/C56H35BN6O/c1-2-14-37(15-3-1)60(39-30-32-45-43-18-5-4-16-41(43)42-17-6-7-19-44(42)48(45)34-39)38-28-26-36(27-29-38)57-62-51-23-11-9-21-49(51)58-55(62)61(56-59-50-22-10-12-24-52(50)63(56)57)40-31-33-47-46-20-8-13-25-53(46)64-54(47)35-40/h1-35H. The van der Waals surface area contributed by atoms with Gasteiger partial charge >= 0.3 is 6.98 Å². The van der Waals surface area contributed by atoms with E-state index in [2.05, 4.69) is 219 Å². The molecule has 1 aliphatic heterocycles. The van der Waals surface area contributed by atoms with E-state index in [1.54, 1.807) is 0 Å². The predicted molar refractivity (Wildman–Crippen MR) is 265 cm³/mol. The van der Waals surface area contributed by atoms with Gasteiger partial charge in [0.05, 0.1) is 27.8 Å². The maximum atomic E-state index is 6.43. The highest BCUT2D eigenvalue weighted by Gasteiger charge is 2.41. The molecular formula is C56H35BN6O. The van der Waals surface area contributed by atoms with Gasteiger partial charge in [-0.1, -0.05) is 127 Å². The molecule has 14 rings (SSSR count). The number of imidazole rings is 2. The lowest BCUT2D eigenvalue weighted by molar-refractivity contribution is 0.669. The van der Waals surface area contributed by atoms with Gasteiger partial charge in [0.15, 0.2) is 0 Å². The molecule has 10 aromatic carbocycles. The van der Waals surface area contributed by atoms with Crippen molar-refractivity contribution in [3.8, 4) is 0 Å². The van der Waals surface area contributed by atoms with Crippen LogP contribution >= 0.6 is 0 Å². The molecule has 3 aromatic heterocycles. The van der Waals surface area contributed by atoms with E-state index >= 15 is 0 Å². The normalized spacial score (nSPS) is 12.6. The highest BCUT2D eigenvalue weighted by Crippen LogP contribution is 2.44. The molecule has 64 heavy (non-hydrogen) atoms. The fourth-order valence-corrected chi connectivity index (χ4v) is 10.3. The molecule has 0 bridgehead atoms. The van der Waals surface area contributed by atoms with Gasteiger partial charge in [0.25, 0.3) is 0 Å². The van der Waals surface area contributed by atoms with Crippen molar-refractivity contribution in [3.05, 3.63) is 212 Å². The topological polar surface area (TPSA) is 55.3 Å². The second kappa shape index (κ2) is 13.4. The predicted octanol–water partition coefficient (Wildman–Crippen LogP) is 13.8. The fraction of sp³-hybridized carbons (Fsp3) is 0. The monoisotopic (exact) mass is 818 g/mol. The van der Waals surface area contributed by atoms with E-state index in [0.29, 0.717) is 0 Å². The van der Waals surface area contributed by atoms with Crippen LogP contribution in [-0.4, -0.2) is 25.9 Å². The molecule has 0 atom stereocenters. The summed E-state index contributed by atoms with van der Waals surface area (Å²) in [5, 5.41) is 9.69. The minimum atomic E-state index is -0.296. The van der Waals surface area contributed by atoms with Crippen LogP contribution in [0.2, 0.25) is 0 Å². The minimum absolute atomic E-state index is 0.296. The first-order valence-corrected chi connectivity index (χ1v) is 21.7. The van der Waals surface area contributed by atoms with Crippen LogP contribution < -0.4 is 15.3 Å². The van der Waals surface area contributed by atoms with Crippen LogP contribution in [0.15, 0.2) is 217 Å². The average Bonchev–Trinajstić information content (AvgIpc) is 4.05. The first-order valence-electron chi connectivity index (χ1n) is 21.7. The van der Waals surface area contributed by atoms with Gasteiger partial charge in [-0.3, -0.25) is 4.90 Å². The third-order valence-electron chi connectivity index (χ3n) is 13.1. The Labute approximate surface area is 367 Å². The summed E-state index contributed by atoms with van der Waals surface area (Å²) < 4.78 is 11.2. The van der Waals surface area contributed by atoms with Gasteiger partial charge in [0, 0.05) is 33.9 Å². The number of furan rings is 1. The lowest BCUT2D eigenvalue weighted by atomic mass is 9.66. The van der Waals surface area contributed by atoms with Gasteiger partial charge in [-0.2, -0.15) is 0 Å². The zero-order valence-electron chi connectivity index (χ0n) is 34.4. The maximum absolute atomic E-state index is 6.43. The van der Waals surface area contributed by atoms with Crippen LogP contribution in [0.5, 0.6) is 0 Å². The SMILES string of the molecule is c1ccc(N(c2ccc(B3n4c(nc5ccccc54)N(c4ccc5c(c4)oc4ccccc45)c4nc5ccccc5n43)cc2)c2ccc3c4ccccc4c4ccccc4c3c2)cc1. The summed E-state index contributed by atoms with van der Waals surface area (Å²) in [4.78, 5) is 15.3. The summed E-state index contributed by atoms with van der Waals surface area (Å²) in [5.74, 6) is 1.57. The molecule has 0 unspecified atom stereocenters. The summed E-state index contributed by atoms with van der Waals surface area (Å²) in [7, 11) is 0. The van der Waals surface area contributed by atoms with E-state index in [1.807, 2.05) is 12.1 Å². The Morgan fingerprint density at radius 1 is 0.375 bits per heavy atom. The highest BCUT2D eigenvalue weighted by atomic mass is 16.3. The third-order valence-corrected chi connectivity index (χ3v) is 13.1.